The lowest BCUT2D eigenvalue weighted by Gasteiger charge is -2.37. The van der Waals surface area contributed by atoms with Crippen molar-refractivity contribution in [3.05, 3.63) is 71.4 Å². The van der Waals surface area contributed by atoms with Gasteiger partial charge in [-0.3, -0.25) is 14.6 Å². The number of halogens is 2. The van der Waals surface area contributed by atoms with Crippen LogP contribution < -0.4 is 4.90 Å². The second-order valence-corrected chi connectivity index (χ2v) is 9.05. The molecule has 0 aliphatic carbocycles. The normalized spacial score (nSPS) is 11.3. The maximum Gasteiger partial charge on any atom is 0.331 e. The number of nitriles is 1. The number of hydrogen-bond donors (Lipinski definition) is 0. The molecule has 1 atom stereocenters. The van der Waals surface area contributed by atoms with E-state index in [2.05, 4.69) is 11.1 Å². The average Bonchev–Trinajstić information content (AvgIpc) is 2.85. The highest BCUT2D eigenvalue weighted by Gasteiger charge is 2.32. The second kappa shape index (κ2) is 12.2. The van der Waals surface area contributed by atoms with E-state index in [4.69, 9.17) is 0 Å². The molecule has 1 heterocycles. The van der Waals surface area contributed by atoms with Crippen molar-refractivity contribution in [1.29, 1.82) is 5.26 Å². The molecule has 1 aromatic heterocycles. The number of amides is 4. The molecular weight excluding hydrogens is 492 g/mol. The highest BCUT2D eigenvalue weighted by atomic mass is 19.1. The molecule has 0 radical (unpaired) electrons. The van der Waals surface area contributed by atoms with Gasteiger partial charge in [-0.15, -0.1) is 0 Å². The summed E-state index contributed by atoms with van der Waals surface area (Å²) in [4.78, 5) is 47.1. The summed E-state index contributed by atoms with van der Waals surface area (Å²) >= 11 is 0. The lowest BCUT2D eigenvalue weighted by Crippen LogP contribution is -2.53. The second-order valence-electron chi connectivity index (χ2n) is 9.05. The van der Waals surface area contributed by atoms with Crippen LogP contribution in [0.2, 0.25) is 0 Å². The van der Waals surface area contributed by atoms with E-state index < -0.39 is 35.5 Å². The van der Waals surface area contributed by atoms with E-state index in [1.54, 1.807) is 12.1 Å². The van der Waals surface area contributed by atoms with E-state index in [9.17, 15) is 28.4 Å². The van der Waals surface area contributed by atoms with Crippen LogP contribution in [-0.4, -0.2) is 59.3 Å². The molecule has 3 rings (SSSR count). The molecule has 0 spiro atoms. The van der Waals surface area contributed by atoms with Gasteiger partial charge in [0.1, 0.15) is 17.7 Å². The number of aromatic nitrogens is 1. The van der Waals surface area contributed by atoms with Gasteiger partial charge in [-0.25, -0.2) is 18.5 Å². The minimum Gasteiger partial charge on any atom is -0.340 e. The van der Waals surface area contributed by atoms with Gasteiger partial charge in [0, 0.05) is 50.8 Å². The van der Waals surface area contributed by atoms with Crippen LogP contribution in [0.5, 0.6) is 0 Å². The zero-order chi connectivity index (χ0) is 27.4. The van der Waals surface area contributed by atoms with Gasteiger partial charge in [-0.1, -0.05) is 21.3 Å². The van der Waals surface area contributed by atoms with Gasteiger partial charge < -0.3 is 9.80 Å². The maximum atomic E-state index is 13.7. The van der Waals surface area contributed by atoms with Crippen molar-refractivity contribution in [3.8, 4) is 6.07 Å². The van der Waals surface area contributed by atoms with Gasteiger partial charge in [-0.05, 0) is 42.3 Å². The predicted molar refractivity (Wildman–Crippen MR) is 141 cm³/mol. The molecule has 10 heteroatoms. The van der Waals surface area contributed by atoms with Gasteiger partial charge >= 0.3 is 6.03 Å². The number of imide groups is 1. The number of benzene rings is 2. The summed E-state index contributed by atoms with van der Waals surface area (Å²) < 4.78 is 27.3. The third kappa shape index (κ3) is 6.11. The van der Waals surface area contributed by atoms with Gasteiger partial charge in [0.2, 0.25) is 5.91 Å². The lowest BCUT2D eigenvalue weighted by molar-refractivity contribution is -0.116. The van der Waals surface area contributed by atoms with Crippen molar-refractivity contribution in [3.63, 3.8) is 0 Å². The van der Waals surface area contributed by atoms with Crippen molar-refractivity contribution in [2.75, 3.05) is 25.5 Å². The molecule has 3 aromatic rings. The summed E-state index contributed by atoms with van der Waals surface area (Å²) in [5.74, 6) is -3.05. The Morgan fingerprint density at radius 1 is 1.05 bits per heavy atom. The number of urea groups is 1. The quantitative estimate of drug-likeness (QED) is 0.441. The van der Waals surface area contributed by atoms with Crippen LogP contribution in [0, 0.1) is 28.9 Å². The molecule has 0 bridgehead atoms. The Bertz CT molecular complexity index is 1380. The minimum atomic E-state index is -0.870. The van der Waals surface area contributed by atoms with Crippen LogP contribution in [0.1, 0.15) is 44.1 Å². The molecule has 0 aliphatic rings. The summed E-state index contributed by atoms with van der Waals surface area (Å²) in [6.45, 7) is 5.00. The van der Waals surface area contributed by atoms with Crippen molar-refractivity contribution in [1.82, 2.24) is 14.8 Å². The van der Waals surface area contributed by atoms with Crippen LogP contribution >= 0.6 is 0 Å². The zero-order valence-electron chi connectivity index (χ0n) is 21.2. The molecule has 4 amide bonds. The first-order chi connectivity index (χ1) is 17.5. The fraction of sp³-hybridized carbons (Fsp3) is 0.321. The van der Waals surface area contributed by atoms with Crippen molar-refractivity contribution in [2.24, 2.45) is 5.92 Å². The summed E-state index contributed by atoms with van der Waals surface area (Å²) in [6.07, 6.45) is 1.52. The number of likely N-dealkylation sites (N-methyl/N-ethyl adjacent to an activating group) is 2. The molecule has 0 fully saturated rings. The molecule has 38 heavy (non-hydrogen) atoms. The third-order valence-corrected chi connectivity index (χ3v) is 6.10. The largest absolute Gasteiger partial charge is 0.340 e. The zero-order valence-corrected chi connectivity index (χ0v) is 21.2. The summed E-state index contributed by atoms with van der Waals surface area (Å²) in [5.41, 5.74) is 0.780. The lowest BCUT2D eigenvalue weighted by atomic mass is 10.0. The Labute approximate surface area is 221 Å². The third-order valence-electron chi connectivity index (χ3n) is 6.10. The van der Waals surface area contributed by atoms with Gasteiger partial charge in [-0.2, -0.15) is 5.26 Å². The standard InChI is InChI=1S/C27H27F2N5O3.CH4/c1-16(2)24(15-32(4)26(36)19-11-20(28)13-21(29)12-19)33(5)27(37)34(17(3)35)23-9-8-18(14-30)25-22(23)7-6-10-31-25;/h6-13,16,24H,15H2,1-5H3;1H4. The van der Waals surface area contributed by atoms with E-state index in [0.29, 0.717) is 22.5 Å². The SMILES string of the molecule is C.CC(=O)N(C(=O)N(C)C(CN(C)C(=O)c1cc(F)cc(F)c1)C(C)C)c1ccc(C#N)c2ncccc12. The Morgan fingerprint density at radius 3 is 2.24 bits per heavy atom. The molecular formula is C28H31F2N5O3. The highest BCUT2D eigenvalue weighted by Crippen LogP contribution is 2.29. The summed E-state index contributed by atoms with van der Waals surface area (Å²) in [5, 5.41) is 9.89. The van der Waals surface area contributed by atoms with E-state index in [-0.39, 0.29) is 31.1 Å². The molecule has 0 saturated heterocycles. The number of rotatable bonds is 6. The first-order valence-electron chi connectivity index (χ1n) is 11.5. The molecule has 0 aliphatic heterocycles. The van der Waals surface area contributed by atoms with Gasteiger partial charge in [0.15, 0.2) is 0 Å². The first-order valence-corrected chi connectivity index (χ1v) is 11.5. The molecule has 0 saturated carbocycles. The van der Waals surface area contributed by atoms with Crippen molar-refractivity contribution < 1.29 is 23.2 Å². The van der Waals surface area contributed by atoms with Crippen molar-refractivity contribution in [2.45, 2.75) is 34.2 Å². The summed E-state index contributed by atoms with van der Waals surface area (Å²) in [7, 11) is 2.99. The topological polar surface area (TPSA) is 97.6 Å². The van der Waals surface area contributed by atoms with Gasteiger partial charge in [0.05, 0.1) is 22.8 Å². The Hall–Kier alpha value is -4.39. The van der Waals surface area contributed by atoms with Crippen LogP contribution in [0.4, 0.5) is 19.3 Å². The van der Waals surface area contributed by atoms with E-state index in [1.165, 1.54) is 49.1 Å². The first kappa shape index (κ1) is 29.8. The highest BCUT2D eigenvalue weighted by molar-refractivity contribution is 6.17. The molecule has 200 valence electrons. The Balaban J connectivity index is 0.00000507. The summed E-state index contributed by atoms with van der Waals surface area (Å²) in [6, 6.07) is 9.78. The number of anilines is 1. The fourth-order valence-corrected chi connectivity index (χ4v) is 4.19. The number of hydrogen-bond acceptors (Lipinski definition) is 5. The number of pyridine rings is 1. The van der Waals surface area contributed by atoms with E-state index in [0.717, 1.165) is 17.0 Å². The van der Waals surface area contributed by atoms with Crippen LogP contribution in [0.15, 0.2) is 48.7 Å². The fourth-order valence-electron chi connectivity index (χ4n) is 4.19. The van der Waals surface area contributed by atoms with E-state index >= 15 is 0 Å². The maximum absolute atomic E-state index is 13.7. The van der Waals surface area contributed by atoms with Crippen molar-refractivity contribution >= 4 is 34.4 Å². The van der Waals surface area contributed by atoms with Gasteiger partial charge in [0.25, 0.3) is 5.91 Å². The van der Waals surface area contributed by atoms with Crippen LogP contribution in [0.3, 0.4) is 0 Å². The Morgan fingerprint density at radius 2 is 1.68 bits per heavy atom. The van der Waals surface area contributed by atoms with Crippen LogP contribution in [-0.2, 0) is 4.79 Å². The van der Waals surface area contributed by atoms with E-state index in [1.807, 2.05) is 13.8 Å². The Kier molecular flexibility index (Phi) is 9.61. The molecule has 1 unspecified atom stereocenters. The molecule has 2 aromatic carbocycles. The average molecular weight is 524 g/mol. The minimum absolute atomic E-state index is 0. The number of carbonyl (C=O) groups excluding carboxylic acids is 3. The smallest absolute Gasteiger partial charge is 0.331 e. The number of fused-ring (bicyclic) bond motifs is 1. The van der Waals surface area contributed by atoms with Crippen LogP contribution in [0.25, 0.3) is 10.9 Å². The molecule has 0 N–H and O–H groups in total. The number of nitrogens with zero attached hydrogens (tertiary/aromatic N) is 5. The molecule has 8 nitrogen and oxygen atoms in total. The monoisotopic (exact) mass is 523 g/mol. The number of carbonyl (C=O) groups is 3. The predicted octanol–water partition coefficient (Wildman–Crippen LogP) is 5.22.